The lowest BCUT2D eigenvalue weighted by Gasteiger charge is -2.52. The lowest BCUT2D eigenvalue weighted by atomic mass is 9.52. The van der Waals surface area contributed by atoms with Gasteiger partial charge in [0.05, 0.1) is 30.2 Å². The highest BCUT2D eigenvalue weighted by Crippen LogP contribution is 2.64. The molecule has 2 saturated carbocycles. The van der Waals surface area contributed by atoms with Gasteiger partial charge in [-0.25, -0.2) is 8.42 Å². The van der Waals surface area contributed by atoms with Crippen molar-refractivity contribution in [3.8, 4) is 0 Å². The van der Waals surface area contributed by atoms with Crippen LogP contribution in [-0.2, 0) is 27.6 Å². The van der Waals surface area contributed by atoms with Crippen LogP contribution in [0, 0.1) is 40.9 Å². The Balaban J connectivity index is 1.20. The van der Waals surface area contributed by atoms with E-state index < -0.39 is 10.0 Å². The first-order valence-corrected chi connectivity index (χ1v) is 16.7. The molecule has 10 atom stereocenters. The number of fused-ring (bicyclic) bond motifs is 7. The summed E-state index contributed by atoms with van der Waals surface area (Å²) in [6.07, 6.45) is 13.9. The van der Waals surface area contributed by atoms with Crippen LogP contribution in [0.15, 0.2) is 17.3 Å². The summed E-state index contributed by atoms with van der Waals surface area (Å²) >= 11 is 0. The highest BCUT2D eigenvalue weighted by atomic mass is 32.2. The standard InChI is InChI=1S/C30H45N3O3S/c1-17-9-11-33(37(5,34)35)27-19(3)30(36-28(17)27)10-8-22-23-7-6-21-12-26-20(16-31-32-26)15-29(21,4)25(23)13-24(22)18(2)14-30/h16-17,19,21-23,25,27-28H,6-15H2,1-5H3,(H,31,32)/t17-,19-,21-,22+,23+,25+,27+,28-,29+,30+/m1/s1. The summed E-state index contributed by atoms with van der Waals surface area (Å²) in [7, 11) is -3.25. The van der Waals surface area contributed by atoms with Gasteiger partial charge in [0.1, 0.15) is 0 Å². The molecule has 6 nitrogen and oxygen atoms in total. The number of allylic oxidation sites excluding steroid dienone is 1. The summed E-state index contributed by atoms with van der Waals surface area (Å²) in [6, 6.07) is -0.0250. The average molecular weight is 528 g/mol. The quantitative estimate of drug-likeness (QED) is 0.515. The molecule has 0 aromatic carbocycles. The van der Waals surface area contributed by atoms with Crippen LogP contribution in [0.5, 0.6) is 0 Å². The van der Waals surface area contributed by atoms with Crippen LogP contribution in [-0.4, -0.2) is 53.5 Å². The number of H-pyrrole nitrogens is 1. The predicted octanol–water partition coefficient (Wildman–Crippen LogP) is 5.12. The molecule has 0 bridgehead atoms. The molecule has 0 radical (unpaired) electrons. The Labute approximate surface area is 223 Å². The molecule has 1 aromatic rings. The van der Waals surface area contributed by atoms with E-state index in [2.05, 4.69) is 44.1 Å². The van der Waals surface area contributed by atoms with Gasteiger partial charge in [-0.05, 0) is 105 Å². The molecule has 1 N–H and O–H groups in total. The molecular weight excluding hydrogens is 482 g/mol. The summed E-state index contributed by atoms with van der Waals surface area (Å²) in [4.78, 5) is 0. The van der Waals surface area contributed by atoms with Crippen LogP contribution in [0.25, 0.3) is 0 Å². The van der Waals surface area contributed by atoms with Crippen molar-refractivity contribution in [2.75, 3.05) is 12.8 Å². The third-order valence-corrected chi connectivity index (χ3v) is 13.8. The Morgan fingerprint density at radius 1 is 1.14 bits per heavy atom. The van der Waals surface area contributed by atoms with Crippen molar-refractivity contribution < 1.29 is 13.2 Å². The Hall–Kier alpha value is -1.18. The molecular formula is C30H45N3O3S. The predicted molar refractivity (Wildman–Crippen MR) is 144 cm³/mol. The summed E-state index contributed by atoms with van der Waals surface area (Å²) in [5.41, 5.74) is 6.28. The normalized spacial score (nSPS) is 47.7. The van der Waals surface area contributed by atoms with Crippen LogP contribution >= 0.6 is 0 Å². The van der Waals surface area contributed by atoms with E-state index in [9.17, 15) is 8.42 Å². The molecule has 0 amide bonds. The molecule has 2 aliphatic heterocycles. The number of piperidine rings is 1. The molecule has 4 aliphatic carbocycles. The first-order chi connectivity index (χ1) is 17.5. The topological polar surface area (TPSA) is 75.3 Å². The largest absolute Gasteiger partial charge is 0.369 e. The van der Waals surface area contributed by atoms with Gasteiger partial charge in [0.15, 0.2) is 0 Å². The number of sulfonamides is 1. The SMILES string of the molecule is CC1=C2C[C@H]3[C@@H](CC[C@@H]4Cc5[nH]ncc5C[C@@]43C)[C@@H]2CC[C@@]2(C1)O[C@H]1[C@H]([C@H]2C)N(S(C)(=O)=O)CC[C@H]1C. The number of rotatable bonds is 1. The fraction of sp³-hybridized carbons (Fsp3) is 0.833. The van der Waals surface area contributed by atoms with Gasteiger partial charge in [-0.3, -0.25) is 5.10 Å². The number of aromatic amines is 1. The lowest BCUT2D eigenvalue weighted by Crippen LogP contribution is -2.54. The van der Waals surface area contributed by atoms with E-state index in [4.69, 9.17) is 4.74 Å². The molecule has 0 unspecified atom stereocenters. The van der Waals surface area contributed by atoms with Gasteiger partial charge in [-0.15, -0.1) is 0 Å². The van der Waals surface area contributed by atoms with Crippen LogP contribution in [0.2, 0.25) is 0 Å². The zero-order valence-electron chi connectivity index (χ0n) is 23.3. The Bertz CT molecular complexity index is 1240. The van der Waals surface area contributed by atoms with Crippen LogP contribution in [0.4, 0.5) is 0 Å². The number of nitrogens with zero attached hydrogens (tertiary/aromatic N) is 2. The van der Waals surface area contributed by atoms with E-state index in [1.165, 1.54) is 56.0 Å². The maximum absolute atomic E-state index is 12.8. The monoisotopic (exact) mass is 527 g/mol. The van der Waals surface area contributed by atoms with Crippen molar-refractivity contribution in [3.05, 3.63) is 28.6 Å². The van der Waals surface area contributed by atoms with E-state index in [-0.39, 0.29) is 23.7 Å². The summed E-state index contributed by atoms with van der Waals surface area (Å²) in [5.74, 6) is 3.60. The summed E-state index contributed by atoms with van der Waals surface area (Å²) in [5, 5.41) is 7.68. The zero-order chi connectivity index (χ0) is 25.9. The molecule has 3 heterocycles. The lowest BCUT2D eigenvalue weighted by molar-refractivity contribution is -0.0878. The number of hydrogen-bond donors (Lipinski definition) is 1. The van der Waals surface area contributed by atoms with Gasteiger partial charge in [-0.1, -0.05) is 31.9 Å². The zero-order valence-corrected chi connectivity index (χ0v) is 24.1. The minimum atomic E-state index is -3.25. The number of nitrogens with one attached hydrogen (secondary N) is 1. The maximum Gasteiger partial charge on any atom is 0.211 e. The van der Waals surface area contributed by atoms with Crippen molar-refractivity contribution in [2.45, 2.75) is 103 Å². The van der Waals surface area contributed by atoms with Gasteiger partial charge in [-0.2, -0.15) is 9.40 Å². The highest BCUT2D eigenvalue weighted by Gasteiger charge is 2.61. The van der Waals surface area contributed by atoms with E-state index in [0.29, 0.717) is 23.8 Å². The smallest absolute Gasteiger partial charge is 0.211 e. The molecule has 1 spiro atoms. The number of hydrogen-bond acceptors (Lipinski definition) is 4. The highest BCUT2D eigenvalue weighted by molar-refractivity contribution is 7.88. The van der Waals surface area contributed by atoms with E-state index in [1.54, 1.807) is 15.5 Å². The molecule has 1 aromatic heterocycles. The third-order valence-electron chi connectivity index (χ3n) is 12.5. The first kappa shape index (κ1) is 24.8. The van der Waals surface area contributed by atoms with E-state index in [0.717, 1.165) is 37.0 Å². The van der Waals surface area contributed by atoms with Crippen LogP contribution < -0.4 is 0 Å². The second-order valence-electron chi connectivity index (χ2n) is 14.2. The Morgan fingerprint density at radius 2 is 1.95 bits per heavy atom. The van der Waals surface area contributed by atoms with Gasteiger partial charge >= 0.3 is 0 Å². The van der Waals surface area contributed by atoms with Crippen molar-refractivity contribution in [3.63, 3.8) is 0 Å². The van der Waals surface area contributed by atoms with Crippen molar-refractivity contribution in [1.82, 2.24) is 14.5 Å². The minimum Gasteiger partial charge on any atom is -0.369 e. The molecule has 7 rings (SSSR count). The molecule has 4 fully saturated rings. The second kappa shape index (κ2) is 8.17. The number of ether oxygens (including phenoxy) is 1. The van der Waals surface area contributed by atoms with Gasteiger partial charge in [0.25, 0.3) is 0 Å². The fourth-order valence-electron chi connectivity index (χ4n) is 10.5. The summed E-state index contributed by atoms with van der Waals surface area (Å²) < 4.78 is 34.4. The van der Waals surface area contributed by atoms with E-state index >= 15 is 0 Å². The maximum atomic E-state index is 12.8. The van der Waals surface area contributed by atoms with Crippen LogP contribution in [0.3, 0.4) is 0 Å². The van der Waals surface area contributed by atoms with Crippen LogP contribution in [0.1, 0.15) is 83.9 Å². The molecule has 204 valence electrons. The number of aromatic nitrogens is 2. The second-order valence-corrected chi connectivity index (χ2v) is 16.1. The first-order valence-electron chi connectivity index (χ1n) is 14.9. The minimum absolute atomic E-state index is 0.0164. The van der Waals surface area contributed by atoms with Crippen molar-refractivity contribution in [2.24, 2.45) is 40.9 Å². The Morgan fingerprint density at radius 3 is 2.73 bits per heavy atom. The van der Waals surface area contributed by atoms with E-state index in [1.807, 2.05) is 0 Å². The van der Waals surface area contributed by atoms with Crippen molar-refractivity contribution in [1.29, 1.82) is 0 Å². The van der Waals surface area contributed by atoms with Gasteiger partial charge in [0, 0.05) is 18.2 Å². The van der Waals surface area contributed by atoms with Gasteiger partial charge in [0.2, 0.25) is 10.0 Å². The Kier molecular flexibility index (Phi) is 5.48. The molecule has 37 heavy (non-hydrogen) atoms. The molecule has 6 aliphatic rings. The van der Waals surface area contributed by atoms with Gasteiger partial charge < -0.3 is 4.74 Å². The molecule has 2 saturated heterocycles. The van der Waals surface area contributed by atoms with Crippen molar-refractivity contribution >= 4 is 10.0 Å². The summed E-state index contributed by atoms with van der Waals surface area (Å²) in [6.45, 7) is 10.2. The third kappa shape index (κ3) is 3.48. The fourth-order valence-corrected chi connectivity index (χ4v) is 11.7. The average Bonchev–Trinajstić information content (AvgIpc) is 3.49. The molecule has 7 heteroatoms.